The summed E-state index contributed by atoms with van der Waals surface area (Å²) in [4.78, 5) is 29.4. The standard InChI is InChI=1S/C29H34FN3O4/c1-3-36-28(35)33-23-10-11-24-20(14-23)15-29(31)26(17(2)37-27(29)34)25(24)12-9-22-8-7-19(16-32-22)18-5-4-6-21(30)13-18/h4-9,12-13,16-17,20,23-26H,3,10-11,14-15,31H2,1-2H3,(H,33,35)/t17-,20+,23-,24-,25+,26+,29+/m1/s1. The summed E-state index contributed by atoms with van der Waals surface area (Å²) in [5.41, 5.74) is 8.13. The van der Waals surface area contributed by atoms with Gasteiger partial charge in [-0.2, -0.15) is 0 Å². The summed E-state index contributed by atoms with van der Waals surface area (Å²) >= 11 is 0. The van der Waals surface area contributed by atoms with Gasteiger partial charge < -0.3 is 20.5 Å². The summed E-state index contributed by atoms with van der Waals surface area (Å²) < 4.78 is 24.3. The second kappa shape index (κ2) is 10.2. The Morgan fingerprint density at radius 2 is 2.14 bits per heavy atom. The number of carbonyl (C=O) groups excluding carboxylic acids is 2. The number of hydrogen-bond acceptors (Lipinski definition) is 6. The van der Waals surface area contributed by atoms with E-state index in [0.29, 0.717) is 18.9 Å². The van der Waals surface area contributed by atoms with Crippen molar-refractivity contribution in [2.75, 3.05) is 6.61 Å². The van der Waals surface area contributed by atoms with Gasteiger partial charge in [-0.3, -0.25) is 9.78 Å². The number of cyclic esters (lactones) is 1. The van der Waals surface area contributed by atoms with Crippen LogP contribution in [0.5, 0.6) is 0 Å². The summed E-state index contributed by atoms with van der Waals surface area (Å²) in [6.07, 6.45) is 8.26. The number of rotatable bonds is 5. The molecule has 0 spiro atoms. The van der Waals surface area contributed by atoms with Crippen LogP contribution in [0, 0.1) is 29.5 Å². The van der Waals surface area contributed by atoms with Gasteiger partial charge in [-0.25, -0.2) is 9.18 Å². The molecule has 2 aromatic rings. The topological polar surface area (TPSA) is 104 Å². The lowest BCUT2D eigenvalue weighted by molar-refractivity contribution is -0.145. The van der Waals surface area contributed by atoms with Crippen LogP contribution in [0.3, 0.4) is 0 Å². The summed E-state index contributed by atoms with van der Waals surface area (Å²) in [6.45, 7) is 4.04. The number of fused-ring (bicyclic) bond motifs is 2. The molecular weight excluding hydrogens is 473 g/mol. The van der Waals surface area contributed by atoms with E-state index >= 15 is 0 Å². The van der Waals surface area contributed by atoms with Crippen LogP contribution < -0.4 is 11.1 Å². The minimum atomic E-state index is -1.05. The molecule has 2 aliphatic carbocycles. The van der Waals surface area contributed by atoms with Crippen LogP contribution in [-0.4, -0.2) is 41.3 Å². The van der Waals surface area contributed by atoms with Crippen molar-refractivity contribution in [3.8, 4) is 11.1 Å². The van der Waals surface area contributed by atoms with Crippen LogP contribution in [0.2, 0.25) is 0 Å². The predicted octanol–water partition coefficient (Wildman–Crippen LogP) is 4.71. The average molecular weight is 508 g/mol. The van der Waals surface area contributed by atoms with Crippen LogP contribution in [0.25, 0.3) is 17.2 Å². The number of amides is 1. The maximum absolute atomic E-state index is 13.6. The molecular formula is C29H34FN3O4. The molecule has 0 radical (unpaired) electrons. The van der Waals surface area contributed by atoms with E-state index < -0.39 is 11.6 Å². The third kappa shape index (κ3) is 4.99. The van der Waals surface area contributed by atoms with Gasteiger partial charge in [0, 0.05) is 23.7 Å². The number of benzene rings is 1. The van der Waals surface area contributed by atoms with Crippen LogP contribution in [0.15, 0.2) is 48.7 Å². The number of carbonyl (C=O) groups is 2. The van der Waals surface area contributed by atoms with Crippen molar-refractivity contribution >= 4 is 18.1 Å². The molecule has 8 heteroatoms. The number of ether oxygens (including phenoxy) is 2. The third-order valence-electron chi connectivity index (χ3n) is 8.35. The van der Waals surface area contributed by atoms with Crippen molar-refractivity contribution in [1.82, 2.24) is 10.3 Å². The average Bonchev–Trinajstić information content (AvgIpc) is 3.09. The SMILES string of the molecule is CCOC(=O)N[C@@H]1CC[C@@H]2[C@@H](C1)C[C@@]1(N)C(=O)O[C@H](C)[C@H]1[C@H]2C=Cc1ccc(-c2cccc(F)c2)cn1. The van der Waals surface area contributed by atoms with Crippen molar-refractivity contribution in [3.05, 3.63) is 60.2 Å². The molecule has 3 fully saturated rings. The first kappa shape index (κ1) is 25.4. The molecule has 196 valence electrons. The fourth-order valence-corrected chi connectivity index (χ4v) is 6.80. The van der Waals surface area contributed by atoms with Crippen LogP contribution in [0.1, 0.15) is 45.2 Å². The van der Waals surface area contributed by atoms with Crippen molar-refractivity contribution in [1.29, 1.82) is 0 Å². The number of nitrogens with zero attached hydrogens (tertiary/aromatic N) is 1. The van der Waals surface area contributed by atoms with E-state index in [4.69, 9.17) is 15.2 Å². The van der Waals surface area contributed by atoms with Gasteiger partial charge in [-0.05, 0) is 87.1 Å². The zero-order valence-electron chi connectivity index (χ0n) is 21.2. The fraction of sp³-hybridized carbons (Fsp3) is 0.483. The molecule has 2 saturated carbocycles. The molecule has 2 heterocycles. The molecule has 1 aromatic carbocycles. The number of halogens is 1. The van der Waals surface area contributed by atoms with Gasteiger partial charge in [0.25, 0.3) is 0 Å². The third-order valence-corrected chi connectivity index (χ3v) is 8.35. The van der Waals surface area contributed by atoms with Gasteiger partial charge in [0.1, 0.15) is 17.5 Å². The Kier molecular flexibility index (Phi) is 7.03. The largest absolute Gasteiger partial charge is 0.461 e. The molecule has 0 unspecified atom stereocenters. The normalized spacial score (nSPS) is 32.9. The van der Waals surface area contributed by atoms with E-state index in [-0.39, 0.29) is 41.7 Å². The molecule has 3 aliphatic rings. The number of alkyl carbamates (subject to hydrolysis) is 1. The first-order valence-electron chi connectivity index (χ1n) is 13.1. The van der Waals surface area contributed by atoms with Gasteiger partial charge >= 0.3 is 12.1 Å². The second-order valence-electron chi connectivity index (χ2n) is 10.6. The summed E-state index contributed by atoms with van der Waals surface area (Å²) in [5, 5.41) is 2.97. The second-order valence-corrected chi connectivity index (χ2v) is 10.6. The Morgan fingerprint density at radius 1 is 1.30 bits per heavy atom. The lowest BCUT2D eigenvalue weighted by Gasteiger charge is -2.50. The van der Waals surface area contributed by atoms with Crippen LogP contribution in [-0.2, 0) is 14.3 Å². The highest BCUT2D eigenvalue weighted by Crippen LogP contribution is 2.54. The maximum Gasteiger partial charge on any atom is 0.407 e. The van der Waals surface area contributed by atoms with E-state index in [0.717, 1.165) is 36.1 Å². The van der Waals surface area contributed by atoms with E-state index in [1.165, 1.54) is 12.1 Å². The van der Waals surface area contributed by atoms with E-state index in [2.05, 4.69) is 16.4 Å². The van der Waals surface area contributed by atoms with E-state index in [1.54, 1.807) is 19.2 Å². The molecule has 37 heavy (non-hydrogen) atoms. The lowest BCUT2D eigenvalue weighted by atomic mass is 9.54. The Morgan fingerprint density at radius 3 is 2.86 bits per heavy atom. The Bertz CT molecular complexity index is 1190. The zero-order chi connectivity index (χ0) is 26.2. The fourth-order valence-electron chi connectivity index (χ4n) is 6.80. The van der Waals surface area contributed by atoms with Crippen LogP contribution >= 0.6 is 0 Å². The van der Waals surface area contributed by atoms with Gasteiger partial charge in [-0.15, -0.1) is 0 Å². The maximum atomic E-state index is 13.6. The first-order valence-corrected chi connectivity index (χ1v) is 13.1. The highest BCUT2D eigenvalue weighted by atomic mass is 19.1. The van der Waals surface area contributed by atoms with Gasteiger partial charge in [0.15, 0.2) is 0 Å². The number of aromatic nitrogens is 1. The van der Waals surface area contributed by atoms with Gasteiger partial charge in [-0.1, -0.05) is 24.3 Å². The zero-order valence-corrected chi connectivity index (χ0v) is 21.2. The van der Waals surface area contributed by atoms with E-state index in [1.807, 2.05) is 31.2 Å². The minimum absolute atomic E-state index is 0.00281. The Balaban J connectivity index is 1.37. The molecule has 1 aliphatic heterocycles. The van der Waals surface area contributed by atoms with Crippen molar-refractivity contribution in [2.24, 2.45) is 29.4 Å². The summed E-state index contributed by atoms with van der Waals surface area (Å²) in [7, 11) is 0. The molecule has 1 saturated heterocycles. The number of hydrogen-bond donors (Lipinski definition) is 2. The minimum Gasteiger partial charge on any atom is -0.461 e. The number of allylic oxidation sites excluding steroid dienone is 1. The van der Waals surface area contributed by atoms with Crippen molar-refractivity contribution < 1.29 is 23.5 Å². The van der Waals surface area contributed by atoms with E-state index in [9.17, 15) is 14.0 Å². The highest BCUT2D eigenvalue weighted by molar-refractivity contribution is 5.84. The van der Waals surface area contributed by atoms with Gasteiger partial charge in [0.2, 0.25) is 0 Å². The number of nitrogens with two attached hydrogens (primary N) is 1. The highest BCUT2D eigenvalue weighted by Gasteiger charge is 2.62. The monoisotopic (exact) mass is 507 g/mol. The summed E-state index contributed by atoms with van der Waals surface area (Å²) in [5.74, 6) is -0.204. The lowest BCUT2D eigenvalue weighted by Crippen LogP contribution is -2.61. The Labute approximate surface area is 216 Å². The molecule has 3 N–H and O–H groups in total. The molecule has 1 amide bonds. The predicted molar refractivity (Wildman–Crippen MR) is 138 cm³/mol. The quantitative estimate of drug-likeness (QED) is 0.568. The van der Waals surface area contributed by atoms with Crippen LogP contribution in [0.4, 0.5) is 9.18 Å². The molecule has 5 rings (SSSR count). The summed E-state index contributed by atoms with van der Waals surface area (Å²) in [6, 6.07) is 10.3. The number of pyridine rings is 1. The molecule has 7 atom stereocenters. The number of esters is 1. The molecule has 0 bridgehead atoms. The molecule has 7 nitrogen and oxygen atoms in total. The molecule has 1 aromatic heterocycles. The van der Waals surface area contributed by atoms with Gasteiger partial charge in [0.05, 0.1) is 12.3 Å². The Hall–Kier alpha value is -3.26. The van der Waals surface area contributed by atoms with Crippen molar-refractivity contribution in [2.45, 2.75) is 57.2 Å². The smallest absolute Gasteiger partial charge is 0.407 e. The van der Waals surface area contributed by atoms with Crippen molar-refractivity contribution in [3.63, 3.8) is 0 Å². The number of nitrogens with one attached hydrogen (secondary N) is 1. The first-order chi connectivity index (χ1) is 17.8.